The minimum atomic E-state index is -5.08. The van der Waals surface area contributed by atoms with Crippen LogP contribution in [0.5, 0.6) is 5.75 Å². The van der Waals surface area contributed by atoms with Gasteiger partial charge in [0, 0.05) is 19.4 Å². The van der Waals surface area contributed by atoms with Gasteiger partial charge in [-0.05, 0) is 37.6 Å². The highest BCUT2D eigenvalue weighted by molar-refractivity contribution is 5.95. The SMILES string of the molecule is CN[C@@H](C)C(=O)N[C@H](C(=O)N1C[C@@H](n2cc(COc3ccccc3)nn2)C[C@H]1C(=O)N[C@@H](Cc1ccccc1)C(N)=O)C(C)C.O=C(O)C(F)(F)F. The van der Waals surface area contributed by atoms with Gasteiger partial charge in [0.15, 0.2) is 0 Å². The number of carbonyl (C=O) groups excluding carboxylic acids is 4. The molecule has 1 aromatic heterocycles. The number of carboxylic acids is 1. The van der Waals surface area contributed by atoms with Crippen LogP contribution in [0.2, 0.25) is 0 Å². The van der Waals surface area contributed by atoms with E-state index in [9.17, 15) is 32.3 Å². The molecule has 4 rings (SSSR count). The number of aromatic nitrogens is 3. The minimum Gasteiger partial charge on any atom is -0.487 e. The lowest BCUT2D eigenvalue weighted by Crippen LogP contribution is -2.58. The number of nitrogens with two attached hydrogens (primary N) is 1. The Morgan fingerprint density at radius 3 is 2.13 bits per heavy atom. The van der Waals surface area contributed by atoms with Gasteiger partial charge in [-0.25, -0.2) is 9.48 Å². The molecule has 3 aromatic rings. The number of hydrogen-bond acceptors (Lipinski definition) is 9. The van der Waals surface area contributed by atoms with Crippen molar-refractivity contribution < 1.29 is 47.0 Å². The van der Waals surface area contributed by atoms with E-state index in [1.54, 1.807) is 24.9 Å². The monoisotopic (exact) mass is 732 g/mol. The molecule has 1 aliphatic heterocycles. The molecular formula is C34H43F3N8O7. The van der Waals surface area contributed by atoms with E-state index in [1.807, 2.05) is 74.5 Å². The van der Waals surface area contributed by atoms with Gasteiger partial charge in [0.2, 0.25) is 23.6 Å². The molecule has 0 aliphatic carbocycles. The summed E-state index contributed by atoms with van der Waals surface area (Å²) in [6, 6.07) is 14.8. The van der Waals surface area contributed by atoms with Crippen molar-refractivity contribution in [3.8, 4) is 5.75 Å². The van der Waals surface area contributed by atoms with Crippen molar-refractivity contribution >= 4 is 29.6 Å². The van der Waals surface area contributed by atoms with Crippen molar-refractivity contribution in [2.75, 3.05) is 13.6 Å². The van der Waals surface area contributed by atoms with Gasteiger partial charge >= 0.3 is 12.1 Å². The van der Waals surface area contributed by atoms with E-state index in [4.69, 9.17) is 20.4 Å². The van der Waals surface area contributed by atoms with Crippen molar-refractivity contribution in [2.24, 2.45) is 11.7 Å². The van der Waals surface area contributed by atoms with E-state index >= 15 is 0 Å². The van der Waals surface area contributed by atoms with Gasteiger partial charge in [0.05, 0.1) is 18.3 Å². The highest BCUT2D eigenvalue weighted by Crippen LogP contribution is 2.29. The minimum absolute atomic E-state index is 0.139. The third kappa shape index (κ3) is 11.8. The van der Waals surface area contributed by atoms with Gasteiger partial charge in [0.1, 0.15) is 36.2 Å². The summed E-state index contributed by atoms with van der Waals surface area (Å²) in [7, 11) is 1.66. The molecule has 15 nitrogen and oxygen atoms in total. The molecule has 0 radical (unpaired) electrons. The van der Waals surface area contributed by atoms with Crippen LogP contribution < -0.4 is 26.4 Å². The van der Waals surface area contributed by atoms with Crippen molar-refractivity contribution in [3.63, 3.8) is 0 Å². The van der Waals surface area contributed by atoms with Crippen molar-refractivity contribution in [3.05, 3.63) is 78.1 Å². The van der Waals surface area contributed by atoms with Gasteiger partial charge in [-0.2, -0.15) is 13.2 Å². The number of halogens is 3. The Morgan fingerprint density at radius 2 is 1.60 bits per heavy atom. The summed E-state index contributed by atoms with van der Waals surface area (Å²) in [6.07, 6.45) is -2.94. The summed E-state index contributed by atoms with van der Waals surface area (Å²) in [4.78, 5) is 63.3. The number of rotatable bonds is 14. The predicted molar refractivity (Wildman–Crippen MR) is 180 cm³/mol. The normalized spacial score (nSPS) is 17.3. The zero-order valence-corrected chi connectivity index (χ0v) is 29.0. The van der Waals surface area contributed by atoms with Crippen LogP contribution >= 0.6 is 0 Å². The number of alkyl halides is 3. The van der Waals surface area contributed by atoms with Crippen LogP contribution in [0.15, 0.2) is 66.9 Å². The number of aliphatic carboxylic acids is 1. The first-order valence-corrected chi connectivity index (χ1v) is 16.3. The number of likely N-dealkylation sites (tertiary alicyclic amines) is 1. The molecule has 5 atom stereocenters. The Hall–Kier alpha value is -5.52. The molecule has 0 spiro atoms. The van der Waals surface area contributed by atoms with Crippen molar-refractivity contribution in [1.29, 1.82) is 0 Å². The Kier molecular flexibility index (Phi) is 14.7. The van der Waals surface area contributed by atoms with Crippen LogP contribution in [-0.2, 0) is 37.0 Å². The number of carbonyl (C=O) groups is 5. The molecule has 4 amide bonds. The van der Waals surface area contributed by atoms with E-state index < -0.39 is 60.1 Å². The lowest BCUT2D eigenvalue weighted by atomic mass is 10.0. The zero-order chi connectivity index (χ0) is 38.6. The molecule has 6 N–H and O–H groups in total. The highest BCUT2D eigenvalue weighted by Gasteiger charge is 2.44. The second kappa shape index (κ2) is 18.6. The maximum Gasteiger partial charge on any atom is 0.490 e. The zero-order valence-electron chi connectivity index (χ0n) is 29.0. The number of para-hydroxylation sites is 1. The van der Waals surface area contributed by atoms with E-state index in [1.165, 1.54) is 4.90 Å². The summed E-state index contributed by atoms with van der Waals surface area (Å²) in [5, 5.41) is 24.1. The fraction of sp³-hybridized carbons (Fsp3) is 0.441. The van der Waals surface area contributed by atoms with Gasteiger partial charge < -0.3 is 36.4 Å². The predicted octanol–water partition coefficient (Wildman–Crippen LogP) is 1.59. The number of hydrogen-bond donors (Lipinski definition) is 5. The first-order valence-electron chi connectivity index (χ1n) is 16.3. The molecule has 2 heterocycles. The Bertz CT molecular complexity index is 1660. The number of ether oxygens (including phenoxy) is 1. The van der Waals surface area contributed by atoms with Crippen LogP contribution in [0.3, 0.4) is 0 Å². The first kappa shape index (κ1) is 40.9. The lowest BCUT2D eigenvalue weighted by Gasteiger charge is -2.31. The molecule has 18 heteroatoms. The van der Waals surface area contributed by atoms with E-state index in [0.29, 0.717) is 11.4 Å². The molecule has 0 bridgehead atoms. The number of likely N-dealkylation sites (N-methyl/N-ethyl adjacent to an activating group) is 1. The van der Waals surface area contributed by atoms with Gasteiger partial charge in [-0.15, -0.1) is 5.10 Å². The number of amides is 4. The second-order valence-corrected chi connectivity index (χ2v) is 12.4. The van der Waals surface area contributed by atoms with E-state index in [2.05, 4.69) is 26.3 Å². The molecule has 1 aliphatic rings. The summed E-state index contributed by atoms with van der Waals surface area (Å²) in [5.41, 5.74) is 7.09. The van der Waals surface area contributed by atoms with Crippen LogP contribution in [0.25, 0.3) is 0 Å². The largest absolute Gasteiger partial charge is 0.490 e. The average Bonchev–Trinajstić information content (AvgIpc) is 3.77. The number of carboxylic acid groups (broad SMARTS) is 1. The lowest BCUT2D eigenvalue weighted by molar-refractivity contribution is -0.192. The van der Waals surface area contributed by atoms with Crippen LogP contribution in [0, 0.1) is 5.92 Å². The quantitative estimate of drug-likeness (QED) is 0.162. The van der Waals surface area contributed by atoms with Crippen LogP contribution in [0.4, 0.5) is 13.2 Å². The van der Waals surface area contributed by atoms with E-state index in [0.717, 1.165) is 5.56 Å². The molecule has 52 heavy (non-hydrogen) atoms. The van der Waals surface area contributed by atoms with Gasteiger partial charge in [-0.1, -0.05) is 67.6 Å². The van der Waals surface area contributed by atoms with Crippen molar-refractivity contribution in [1.82, 2.24) is 35.8 Å². The van der Waals surface area contributed by atoms with Crippen molar-refractivity contribution in [2.45, 2.75) is 76.6 Å². The number of nitrogens with zero attached hydrogens (tertiary/aromatic N) is 4. The Labute approximate surface area is 298 Å². The standard InChI is InChI=1S/C32H42N8O5.C2HF3O2/c1-20(2)28(36-30(42)21(3)34-4)32(44)39-18-24(40-17-23(37-38-40)19-45-25-13-9-6-10-14-25)16-27(39)31(43)35-26(29(33)41)15-22-11-7-5-8-12-22;3-2(4,5)1(6)7/h5-14,17,20-21,24,26-28,34H,15-16,18-19H2,1-4H3,(H2,33,41)(H,35,43)(H,36,42);(H,6,7)/t21-,24-,26-,27-,28-;/m0./s1. The fourth-order valence-corrected chi connectivity index (χ4v) is 5.17. The average molecular weight is 733 g/mol. The molecule has 1 saturated heterocycles. The molecule has 2 aromatic carbocycles. The Balaban J connectivity index is 0.000000944. The Morgan fingerprint density at radius 1 is 1.00 bits per heavy atom. The number of benzene rings is 2. The molecular weight excluding hydrogens is 689 g/mol. The highest BCUT2D eigenvalue weighted by atomic mass is 19.4. The molecule has 0 unspecified atom stereocenters. The molecule has 282 valence electrons. The number of nitrogens with one attached hydrogen (secondary N) is 3. The van der Waals surface area contributed by atoms with Crippen LogP contribution in [0.1, 0.15) is 44.5 Å². The topological polar surface area (TPSA) is 211 Å². The van der Waals surface area contributed by atoms with Crippen LogP contribution in [-0.4, -0.2) is 98.5 Å². The van der Waals surface area contributed by atoms with E-state index in [-0.39, 0.29) is 37.8 Å². The van der Waals surface area contributed by atoms with Gasteiger partial charge in [0.25, 0.3) is 0 Å². The molecule has 0 saturated carbocycles. The summed E-state index contributed by atoms with van der Waals surface area (Å²) < 4.78 is 39.2. The van der Waals surface area contributed by atoms with Gasteiger partial charge in [-0.3, -0.25) is 19.2 Å². The summed E-state index contributed by atoms with van der Waals surface area (Å²) in [6.45, 7) is 5.68. The summed E-state index contributed by atoms with van der Waals surface area (Å²) in [5.74, 6) is -4.28. The third-order valence-corrected chi connectivity index (χ3v) is 8.17. The summed E-state index contributed by atoms with van der Waals surface area (Å²) >= 11 is 0. The molecule has 1 fully saturated rings. The first-order chi connectivity index (χ1) is 24.5. The fourth-order valence-electron chi connectivity index (χ4n) is 5.17. The third-order valence-electron chi connectivity index (χ3n) is 8.17. The second-order valence-electron chi connectivity index (χ2n) is 12.4. The maximum absolute atomic E-state index is 14.1. The maximum atomic E-state index is 14.1. The smallest absolute Gasteiger partial charge is 0.487 e. The number of primary amides is 1.